The summed E-state index contributed by atoms with van der Waals surface area (Å²) < 4.78 is 29.7. The molecule has 0 heterocycles. The number of methoxy groups -OCH3 is 1. The number of alkyl halides is 2. The minimum Gasteiger partial charge on any atom is -0.497 e. The molecule has 0 amide bonds. The van der Waals surface area contributed by atoms with Crippen molar-refractivity contribution >= 4 is 11.8 Å². The average Bonchev–Trinajstić information content (AvgIpc) is 2.47. The van der Waals surface area contributed by atoms with Gasteiger partial charge in [0.05, 0.1) is 7.11 Å². The lowest BCUT2D eigenvalue weighted by Crippen LogP contribution is -1.99. The third-order valence-electron chi connectivity index (χ3n) is 2.92. The smallest absolute Gasteiger partial charge is 0.288 e. The Bertz CT molecular complexity index is 573. The molecule has 0 bridgehead atoms. The normalized spacial score (nSPS) is 10.8. The molecule has 0 aliphatic heterocycles. The monoisotopic (exact) mass is 295 g/mol. The van der Waals surface area contributed by atoms with Gasteiger partial charge >= 0.3 is 0 Å². The molecular formula is C15H15F2NOS. The van der Waals surface area contributed by atoms with E-state index in [9.17, 15) is 8.78 Å². The fourth-order valence-electron chi connectivity index (χ4n) is 1.96. The molecule has 0 fully saturated rings. The topological polar surface area (TPSA) is 35.2 Å². The Morgan fingerprint density at radius 1 is 1.15 bits per heavy atom. The second kappa shape index (κ2) is 6.72. The molecule has 2 rings (SSSR count). The molecular weight excluding hydrogens is 280 g/mol. The Morgan fingerprint density at radius 3 is 2.40 bits per heavy atom. The molecule has 0 saturated carbocycles. The zero-order valence-electron chi connectivity index (χ0n) is 11.0. The highest BCUT2D eigenvalue weighted by atomic mass is 32.2. The lowest BCUT2D eigenvalue weighted by Gasteiger charge is -2.11. The Balaban J connectivity index is 2.31. The predicted molar refractivity (Wildman–Crippen MR) is 78.2 cm³/mol. The van der Waals surface area contributed by atoms with Crippen LogP contribution in [0.2, 0.25) is 0 Å². The molecule has 0 unspecified atom stereocenters. The van der Waals surface area contributed by atoms with Crippen LogP contribution in [0, 0.1) is 0 Å². The van der Waals surface area contributed by atoms with Crippen LogP contribution in [0.25, 0.3) is 11.1 Å². The quantitative estimate of drug-likeness (QED) is 0.842. The summed E-state index contributed by atoms with van der Waals surface area (Å²) in [5.41, 5.74) is 8.64. The largest absolute Gasteiger partial charge is 0.497 e. The minimum absolute atomic E-state index is 0.389. The number of ether oxygens (including phenoxy) is 1. The minimum atomic E-state index is -2.40. The number of hydrogen-bond donors (Lipinski definition) is 1. The molecule has 0 aliphatic carbocycles. The third kappa shape index (κ3) is 3.49. The van der Waals surface area contributed by atoms with Crippen LogP contribution in [0.3, 0.4) is 0 Å². The molecule has 20 heavy (non-hydrogen) atoms. The van der Waals surface area contributed by atoms with Crippen molar-refractivity contribution in [3.63, 3.8) is 0 Å². The second-order valence-electron chi connectivity index (χ2n) is 4.13. The van der Waals surface area contributed by atoms with Crippen molar-refractivity contribution in [1.29, 1.82) is 0 Å². The van der Waals surface area contributed by atoms with E-state index in [1.54, 1.807) is 19.2 Å². The van der Waals surface area contributed by atoms with E-state index in [0.717, 1.165) is 22.4 Å². The van der Waals surface area contributed by atoms with E-state index in [0.29, 0.717) is 23.2 Å². The van der Waals surface area contributed by atoms with Crippen molar-refractivity contribution in [2.45, 2.75) is 17.2 Å². The maximum Gasteiger partial charge on any atom is 0.288 e. The van der Waals surface area contributed by atoms with E-state index < -0.39 is 5.76 Å². The summed E-state index contributed by atoms with van der Waals surface area (Å²) in [6.07, 6.45) is 0. The Kier molecular flexibility index (Phi) is 4.98. The van der Waals surface area contributed by atoms with Gasteiger partial charge in [0.1, 0.15) is 5.75 Å². The van der Waals surface area contributed by atoms with Crippen molar-refractivity contribution in [2.24, 2.45) is 5.73 Å². The van der Waals surface area contributed by atoms with Gasteiger partial charge in [-0.1, -0.05) is 30.0 Å². The molecule has 0 spiro atoms. The van der Waals surface area contributed by atoms with E-state index in [1.165, 1.54) is 0 Å². The fraction of sp³-hybridized carbons (Fsp3) is 0.200. The van der Waals surface area contributed by atoms with Gasteiger partial charge < -0.3 is 10.5 Å². The summed E-state index contributed by atoms with van der Waals surface area (Å²) in [5, 5.41) is 0. The summed E-state index contributed by atoms with van der Waals surface area (Å²) in [7, 11) is 1.60. The highest BCUT2D eigenvalue weighted by Gasteiger charge is 2.08. The van der Waals surface area contributed by atoms with Crippen molar-refractivity contribution in [3.05, 3.63) is 48.0 Å². The van der Waals surface area contributed by atoms with E-state index in [-0.39, 0.29) is 0 Å². The second-order valence-corrected chi connectivity index (χ2v) is 5.19. The molecule has 2 aromatic rings. The molecule has 106 valence electrons. The van der Waals surface area contributed by atoms with Gasteiger partial charge in [-0.3, -0.25) is 0 Å². The first-order chi connectivity index (χ1) is 9.63. The summed E-state index contributed by atoms with van der Waals surface area (Å²) in [5.74, 6) is -1.65. The zero-order chi connectivity index (χ0) is 14.5. The van der Waals surface area contributed by atoms with E-state index >= 15 is 0 Å². The van der Waals surface area contributed by atoms with Crippen LogP contribution >= 0.6 is 11.8 Å². The van der Waals surface area contributed by atoms with Gasteiger partial charge in [0.25, 0.3) is 5.76 Å². The molecule has 0 saturated heterocycles. The van der Waals surface area contributed by atoms with Gasteiger partial charge in [0, 0.05) is 11.4 Å². The first kappa shape index (κ1) is 14.8. The lowest BCUT2D eigenvalue weighted by molar-refractivity contribution is 0.252. The van der Waals surface area contributed by atoms with Crippen molar-refractivity contribution in [1.82, 2.24) is 0 Å². The SMILES string of the molecule is COc1ccc(-c2ccc(SC(F)F)cc2)c(CN)c1. The summed E-state index contributed by atoms with van der Waals surface area (Å²) >= 11 is 0.540. The van der Waals surface area contributed by atoms with Gasteiger partial charge in [0.15, 0.2) is 0 Å². The number of hydrogen-bond acceptors (Lipinski definition) is 3. The van der Waals surface area contributed by atoms with Gasteiger partial charge in [-0.05, 0) is 41.0 Å². The van der Waals surface area contributed by atoms with E-state index in [4.69, 9.17) is 10.5 Å². The molecule has 0 aliphatic rings. The summed E-state index contributed by atoms with van der Waals surface area (Å²) in [6.45, 7) is 0.389. The highest BCUT2D eigenvalue weighted by molar-refractivity contribution is 7.99. The first-order valence-electron chi connectivity index (χ1n) is 6.06. The van der Waals surface area contributed by atoms with Gasteiger partial charge in [-0.2, -0.15) is 8.78 Å². The van der Waals surface area contributed by atoms with Crippen LogP contribution in [0.4, 0.5) is 8.78 Å². The van der Waals surface area contributed by atoms with Crippen LogP contribution in [0.1, 0.15) is 5.56 Å². The Labute approximate surface area is 120 Å². The van der Waals surface area contributed by atoms with Crippen LogP contribution in [0.15, 0.2) is 47.4 Å². The van der Waals surface area contributed by atoms with Gasteiger partial charge in [-0.15, -0.1) is 0 Å². The molecule has 0 atom stereocenters. The number of benzene rings is 2. The predicted octanol–water partition coefficient (Wildman–Crippen LogP) is 4.14. The number of thioether (sulfide) groups is 1. The van der Waals surface area contributed by atoms with E-state index in [1.807, 2.05) is 30.3 Å². The molecule has 0 aromatic heterocycles. The standard InChI is InChI=1S/C15H15F2NOS/c1-19-12-4-7-14(11(8-12)9-18)10-2-5-13(6-3-10)20-15(16)17/h2-8,15H,9,18H2,1H3. The maximum atomic E-state index is 12.3. The van der Waals surface area contributed by atoms with Crippen LogP contribution in [-0.2, 0) is 6.54 Å². The molecule has 2 N–H and O–H groups in total. The third-order valence-corrected chi connectivity index (χ3v) is 3.65. The summed E-state index contributed by atoms with van der Waals surface area (Å²) in [6, 6.07) is 12.7. The van der Waals surface area contributed by atoms with Gasteiger partial charge in [0.2, 0.25) is 0 Å². The fourth-order valence-corrected chi connectivity index (χ4v) is 2.46. The molecule has 0 radical (unpaired) electrons. The zero-order valence-corrected chi connectivity index (χ0v) is 11.8. The van der Waals surface area contributed by atoms with Gasteiger partial charge in [-0.25, -0.2) is 0 Å². The van der Waals surface area contributed by atoms with Crippen LogP contribution < -0.4 is 10.5 Å². The Morgan fingerprint density at radius 2 is 1.85 bits per heavy atom. The number of rotatable bonds is 5. The van der Waals surface area contributed by atoms with Crippen molar-refractivity contribution in [2.75, 3.05) is 7.11 Å². The lowest BCUT2D eigenvalue weighted by atomic mass is 9.99. The average molecular weight is 295 g/mol. The maximum absolute atomic E-state index is 12.3. The van der Waals surface area contributed by atoms with Crippen LogP contribution in [-0.4, -0.2) is 12.9 Å². The number of halogens is 2. The number of nitrogens with two attached hydrogens (primary N) is 1. The highest BCUT2D eigenvalue weighted by Crippen LogP contribution is 2.30. The first-order valence-corrected chi connectivity index (χ1v) is 6.94. The van der Waals surface area contributed by atoms with Crippen molar-refractivity contribution in [3.8, 4) is 16.9 Å². The van der Waals surface area contributed by atoms with Crippen molar-refractivity contribution < 1.29 is 13.5 Å². The molecule has 2 nitrogen and oxygen atoms in total. The van der Waals surface area contributed by atoms with E-state index in [2.05, 4.69) is 0 Å². The summed E-state index contributed by atoms with van der Waals surface area (Å²) in [4.78, 5) is 0.548. The molecule has 2 aromatic carbocycles. The Hall–Kier alpha value is -1.59. The van der Waals surface area contributed by atoms with Crippen LogP contribution in [0.5, 0.6) is 5.75 Å². The molecule has 5 heteroatoms.